The molecule has 4 rings (SSSR count). The number of aromatic amines is 1. The molecule has 0 aliphatic carbocycles. The lowest BCUT2D eigenvalue weighted by atomic mass is 10.0. The third kappa shape index (κ3) is 1.41. The summed E-state index contributed by atoms with van der Waals surface area (Å²) in [6, 6.07) is 9.84. The van der Waals surface area contributed by atoms with Crippen molar-refractivity contribution in [1.29, 1.82) is 0 Å². The third-order valence-corrected chi connectivity index (χ3v) is 3.26. The monoisotopic (exact) mass is 251 g/mol. The van der Waals surface area contributed by atoms with Gasteiger partial charge in [0.1, 0.15) is 0 Å². The lowest BCUT2D eigenvalue weighted by Gasteiger charge is -2.02. The van der Waals surface area contributed by atoms with E-state index in [0.717, 1.165) is 21.9 Å². The van der Waals surface area contributed by atoms with Gasteiger partial charge in [-0.3, -0.25) is 0 Å². The molecule has 0 saturated heterocycles. The first kappa shape index (κ1) is 10.1. The van der Waals surface area contributed by atoms with E-state index in [-0.39, 0.29) is 5.69 Å². The van der Waals surface area contributed by atoms with Crippen LogP contribution in [0.3, 0.4) is 0 Å². The minimum Gasteiger partial charge on any atom is -0.472 e. The van der Waals surface area contributed by atoms with Crippen molar-refractivity contribution in [3.8, 4) is 11.1 Å². The molecule has 0 unspecified atom stereocenters. The Morgan fingerprint density at radius 3 is 2.95 bits per heavy atom. The molecule has 0 saturated carbocycles. The highest BCUT2D eigenvalue weighted by Gasteiger charge is 2.07. The molecule has 0 amide bonds. The molecule has 0 bridgehead atoms. The second-order valence-corrected chi connectivity index (χ2v) is 4.35. The van der Waals surface area contributed by atoms with Crippen molar-refractivity contribution in [3.63, 3.8) is 0 Å². The Bertz CT molecular complexity index is 932. The molecule has 3 heterocycles. The van der Waals surface area contributed by atoms with Crippen LogP contribution in [0.4, 0.5) is 0 Å². The average molecular weight is 251 g/mol. The van der Waals surface area contributed by atoms with Gasteiger partial charge in [-0.1, -0.05) is 12.1 Å². The van der Waals surface area contributed by atoms with Crippen molar-refractivity contribution in [2.24, 2.45) is 0 Å². The maximum absolute atomic E-state index is 11.6. The molecule has 0 fully saturated rings. The molecule has 92 valence electrons. The van der Waals surface area contributed by atoms with Crippen LogP contribution in [0.5, 0.6) is 0 Å². The zero-order valence-electron chi connectivity index (χ0n) is 9.83. The molecule has 1 aromatic carbocycles. The van der Waals surface area contributed by atoms with Crippen LogP contribution in [0, 0.1) is 0 Å². The van der Waals surface area contributed by atoms with Gasteiger partial charge in [-0.2, -0.15) is 5.10 Å². The summed E-state index contributed by atoms with van der Waals surface area (Å²) in [5.74, 6) is 0. The molecular formula is C14H9N3O2. The summed E-state index contributed by atoms with van der Waals surface area (Å²) in [6.07, 6.45) is 5.05. The first-order chi connectivity index (χ1) is 9.33. The number of nitrogens with one attached hydrogen (secondary N) is 1. The largest absolute Gasteiger partial charge is 0.472 e. The topological polar surface area (TPSA) is 63.3 Å². The number of rotatable bonds is 1. The van der Waals surface area contributed by atoms with Crippen molar-refractivity contribution >= 4 is 16.4 Å². The zero-order chi connectivity index (χ0) is 12.8. The van der Waals surface area contributed by atoms with Crippen LogP contribution in [-0.4, -0.2) is 14.6 Å². The van der Waals surface area contributed by atoms with E-state index in [1.165, 1.54) is 4.40 Å². The van der Waals surface area contributed by atoms with Gasteiger partial charge < -0.3 is 4.42 Å². The minimum atomic E-state index is -0.231. The standard InChI is InChI=1S/C14H9N3O2/c18-14-16-15-13-12-7-10(11-4-6-19-8-11)2-1-9(12)3-5-17(13)14/h1-8H,(H,16,18). The second kappa shape index (κ2) is 3.58. The highest BCUT2D eigenvalue weighted by molar-refractivity contribution is 5.96. The highest BCUT2D eigenvalue weighted by atomic mass is 16.3. The molecular weight excluding hydrogens is 242 g/mol. The number of fused-ring (bicyclic) bond motifs is 3. The predicted molar refractivity (Wildman–Crippen MR) is 71.0 cm³/mol. The van der Waals surface area contributed by atoms with Gasteiger partial charge in [-0.15, -0.1) is 0 Å². The Morgan fingerprint density at radius 2 is 2.11 bits per heavy atom. The van der Waals surface area contributed by atoms with Crippen LogP contribution in [-0.2, 0) is 0 Å². The van der Waals surface area contributed by atoms with Gasteiger partial charge in [0.05, 0.1) is 12.5 Å². The van der Waals surface area contributed by atoms with E-state index in [4.69, 9.17) is 4.42 Å². The van der Waals surface area contributed by atoms with Crippen molar-refractivity contribution in [2.45, 2.75) is 0 Å². The maximum atomic E-state index is 11.6. The second-order valence-electron chi connectivity index (χ2n) is 4.35. The number of aromatic nitrogens is 3. The Balaban J connectivity index is 2.11. The van der Waals surface area contributed by atoms with E-state index in [0.29, 0.717) is 5.65 Å². The Morgan fingerprint density at radius 1 is 1.16 bits per heavy atom. The number of hydrogen-bond donors (Lipinski definition) is 1. The molecule has 1 N–H and O–H groups in total. The fourth-order valence-corrected chi connectivity index (χ4v) is 2.29. The van der Waals surface area contributed by atoms with E-state index < -0.39 is 0 Å². The van der Waals surface area contributed by atoms with Crippen molar-refractivity contribution in [3.05, 3.63) is 59.5 Å². The van der Waals surface area contributed by atoms with Gasteiger partial charge in [0.2, 0.25) is 0 Å². The Hall–Kier alpha value is -2.82. The first-order valence-corrected chi connectivity index (χ1v) is 5.85. The van der Waals surface area contributed by atoms with Crippen LogP contribution in [0.15, 0.2) is 58.3 Å². The molecule has 4 aromatic rings. The summed E-state index contributed by atoms with van der Waals surface area (Å²) in [5.41, 5.74) is 2.44. The van der Waals surface area contributed by atoms with Crippen LogP contribution >= 0.6 is 0 Å². The molecule has 0 spiro atoms. The molecule has 5 nitrogen and oxygen atoms in total. The van der Waals surface area contributed by atoms with E-state index in [1.54, 1.807) is 18.7 Å². The normalized spacial score (nSPS) is 11.4. The minimum absolute atomic E-state index is 0.231. The highest BCUT2D eigenvalue weighted by Crippen LogP contribution is 2.26. The van der Waals surface area contributed by atoms with Gasteiger partial charge in [-0.05, 0) is 29.1 Å². The molecule has 5 heteroatoms. The first-order valence-electron chi connectivity index (χ1n) is 5.85. The summed E-state index contributed by atoms with van der Waals surface area (Å²) in [7, 11) is 0. The summed E-state index contributed by atoms with van der Waals surface area (Å²) in [4.78, 5) is 11.6. The maximum Gasteiger partial charge on any atom is 0.347 e. The molecule has 0 aliphatic heterocycles. The fraction of sp³-hybridized carbons (Fsp3) is 0. The molecule has 3 aromatic heterocycles. The number of pyridine rings is 1. The van der Waals surface area contributed by atoms with E-state index in [1.807, 2.05) is 30.3 Å². The van der Waals surface area contributed by atoms with Crippen LogP contribution < -0.4 is 5.69 Å². The predicted octanol–water partition coefficient (Wildman–Crippen LogP) is 2.44. The number of benzene rings is 1. The number of nitrogens with zero attached hydrogens (tertiary/aromatic N) is 2. The number of H-pyrrole nitrogens is 1. The summed E-state index contributed by atoms with van der Waals surface area (Å²) >= 11 is 0. The smallest absolute Gasteiger partial charge is 0.347 e. The number of furan rings is 1. The van der Waals surface area contributed by atoms with Crippen LogP contribution in [0.25, 0.3) is 27.5 Å². The lowest BCUT2D eigenvalue weighted by molar-refractivity contribution is 0.568. The SMILES string of the molecule is O=c1[nH]nc2c3cc(-c4ccoc4)ccc3ccn12. The van der Waals surface area contributed by atoms with E-state index in [2.05, 4.69) is 10.2 Å². The van der Waals surface area contributed by atoms with E-state index in [9.17, 15) is 4.79 Å². The molecule has 0 aliphatic rings. The Labute approximate surface area is 107 Å². The molecule has 0 radical (unpaired) electrons. The fourth-order valence-electron chi connectivity index (χ4n) is 2.29. The summed E-state index contributed by atoms with van der Waals surface area (Å²) in [6.45, 7) is 0. The van der Waals surface area contributed by atoms with Crippen molar-refractivity contribution in [1.82, 2.24) is 14.6 Å². The number of hydrogen-bond acceptors (Lipinski definition) is 3. The summed E-state index contributed by atoms with van der Waals surface area (Å²) < 4.78 is 6.60. The van der Waals surface area contributed by atoms with Crippen LogP contribution in [0.1, 0.15) is 0 Å². The zero-order valence-corrected chi connectivity index (χ0v) is 9.83. The summed E-state index contributed by atoms with van der Waals surface area (Å²) in [5, 5.41) is 8.50. The van der Waals surface area contributed by atoms with E-state index >= 15 is 0 Å². The molecule has 19 heavy (non-hydrogen) atoms. The lowest BCUT2D eigenvalue weighted by Crippen LogP contribution is -2.08. The Kier molecular flexibility index (Phi) is 1.91. The molecule has 0 atom stereocenters. The van der Waals surface area contributed by atoms with Gasteiger partial charge in [0, 0.05) is 17.1 Å². The van der Waals surface area contributed by atoms with Gasteiger partial charge in [-0.25, -0.2) is 14.3 Å². The van der Waals surface area contributed by atoms with Gasteiger partial charge in [0.25, 0.3) is 0 Å². The average Bonchev–Trinajstić information content (AvgIpc) is 3.08. The van der Waals surface area contributed by atoms with Gasteiger partial charge in [0.15, 0.2) is 5.65 Å². The van der Waals surface area contributed by atoms with Crippen molar-refractivity contribution < 1.29 is 4.42 Å². The van der Waals surface area contributed by atoms with Crippen molar-refractivity contribution in [2.75, 3.05) is 0 Å². The van der Waals surface area contributed by atoms with Crippen LogP contribution in [0.2, 0.25) is 0 Å². The van der Waals surface area contributed by atoms with Gasteiger partial charge >= 0.3 is 5.69 Å². The third-order valence-electron chi connectivity index (χ3n) is 3.26. The quantitative estimate of drug-likeness (QED) is 0.565.